The molecule has 1 unspecified atom stereocenters. The largest absolute Gasteiger partial charge is 0.394 e. The maximum atomic E-state index is 9.28. The van der Waals surface area contributed by atoms with Crippen LogP contribution in [0, 0.1) is 6.92 Å². The van der Waals surface area contributed by atoms with Gasteiger partial charge in [-0.15, -0.1) is 0 Å². The third-order valence-electron chi connectivity index (χ3n) is 3.62. The third-order valence-corrected chi connectivity index (χ3v) is 3.62. The van der Waals surface area contributed by atoms with E-state index < -0.39 is 0 Å². The van der Waals surface area contributed by atoms with Gasteiger partial charge in [0.2, 0.25) is 0 Å². The number of aliphatic hydroxyl groups is 1. The Morgan fingerprint density at radius 2 is 2.25 bits per heavy atom. The molecular formula is C16H26N2O2. The van der Waals surface area contributed by atoms with E-state index in [1.807, 2.05) is 0 Å². The molecule has 0 bridgehead atoms. The van der Waals surface area contributed by atoms with Crippen LogP contribution in [0.15, 0.2) is 18.2 Å². The van der Waals surface area contributed by atoms with Gasteiger partial charge in [0.15, 0.2) is 0 Å². The Balaban J connectivity index is 2.16. The number of aryl methyl sites for hydroxylation is 1. The molecule has 1 heterocycles. The SMILES string of the molecule is Cc1ccc(N2CCOC(CO)C2)c(CNC(C)C)c1. The van der Waals surface area contributed by atoms with Crippen LogP contribution >= 0.6 is 0 Å². The lowest BCUT2D eigenvalue weighted by atomic mass is 10.1. The lowest BCUT2D eigenvalue weighted by molar-refractivity contribution is 0.00352. The summed E-state index contributed by atoms with van der Waals surface area (Å²) in [6.45, 7) is 9.72. The Hall–Kier alpha value is -1.10. The Labute approximate surface area is 121 Å². The minimum absolute atomic E-state index is 0.0732. The van der Waals surface area contributed by atoms with Crippen LogP contribution in [-0.4, -0.2) is 43.6 Å². The molecule has 0 saturated carbocycles. The molecule has 0 spiro atoms. The van der Waals surface area contributed by atoms with E-state index in [2.05, 4.69) is 49.2 Å². The van der Waals surface area contributed by atoms with Gasteiger partial charge in [-0.2, -0.15) is 0 Å². The van der Waals surface area contributed by atoms with Crippen molar-refractivity contribution in [1.82, 2.24) is 5.32 Å². The van der Waals surface area contributed by atoms with Crippen molar-refractivity contribution in [2.24, 2.45) is 0 Å². The summed E-state index contributed by atoms with van der Waals surface area (Å²) in [6, 6.07) is 7.05. The van der Waals surface area contributed by atoms with Gasteiger partial charge in [-0.1, -0.05) is 31.5 Å². The quantitative estimate of drug-likeness (QED) is 0.860. The summed E-state index contributed by atoms with van der Waals surface area (Å²) >= 11 is 0. The predicted octanol–water partition coefficient (Wildman–Crippen LogP) is 1.69. The second-order valence-electron chi connectivity index (χ2n) is 5.79. The fraction of sp³-hybridized carbons (Fsp3) is 0.625. The summed E-state index contributed by atoms with van der Waals surface area (Å²) in [4.78, 5) is 2.32. The number of hydrogen-bond acceptors (Lipinski definition) is 4. The molecule has 0 radical (unpaired) electrons. The topological polar surface area (TPSA) is 44.7 Å². The van der Waals surface area contributed by atoms with Crippen molar-refractivity contribution in [3.8, 4) is 0 Å². The second-order valence-corrected chi connectivity index (χ2v) is 5.79. The number of ether oxygens (including phenoxy) is 1. The average Bonchev–Trinajstić information content (AvgIpc) is 2.45. The second kappa shape index (κ2) is 7.07. The minimum atomic E-state index is -0.0732. The summed E-state index contributed by atoms with van der Waals surface area (Å²) in [5, 5.41) is 12.8. The number of morpholine rings is 1. The standard InChI is InChI=1S/C16H26N2O2/c1-12(2)17-9-14-8-13(3)4-5-16(14)18-6-7-20-15(10-18)11-19/h4-5,8,12,15,17,19H,6-7,9-11H2,1-3H3. The number of rotatable bonds is 5. The van der Waals surface area contributed by atoms with Crippen molar-refractivity contribution < 1.29 is 9.84 Å². The van der Waals surface area contributed by atoms with Crippen LogP contribution in [-0.2, 0) is 11.3 Å². The first-order valence-corrected chi connectivity index (χ1v) is 7.40. The molecule has 112 valence electrons. The van der Waals surface area contributed by atoms with Crippen LogP contribution in [0.1, 0.15) is 25.0 Å². The van der Waals surface area contributed by atoms with E-state index in [0.29, 0.717) is 12.6 Å². The van der Waals surface area contributed by atoms with Crippen molar-refractivity contribution >= 4 is 5.69 Å². The molecule has 1 atom stereocenters. The molecule has 1 fully saturated rings. The Bertz CT molecular complexity index is 434. The first-order chi connectivity index (χ1) is 9.60. The number of aliphatic hydroxyl groups excluding tert-OH is 1. The number of hydrogen-bond donors (Lipinski definition) is 2. The highest BCUT2D eigenvalue weighted by Gasteiger charge is 2.21. The summed E-state index contributed by atoms with van der Waals surface area (Å²) in [5.41, 5.74) is 3.85. The molecule has 4 heteroatoms. The van der Waals surface area contributed by atoms with E-state index in [-0.39, 0.29) is 12.7 Å². The van der Waals surface area contributed by atoms with Crippen LogP contribution in [0.25, 0.3) is 0 Å². The molecule has 4 nitrogen and oxygen atoms in total. The molecule has 0 aliphatic carbocycles. The molecule has 0 amide bonds. The van der Waals surface area contributed by atoms with Crippen molar-refractivity contribution in [1.29, 1.82) is 0 Å². The van der Waals surface area contributed by atoms with Gasteiger partial charge >= 0.3 is 0 Å². The first-order valence-electron chi connectivity index (χ1n) is 7.40. The Morgan fingerprint density at radius 1 is 1.45 bits per heavy atom. The Kier molecular flexibility index (Phi) is 5.40. The van der Waals surface area contributed by atoms with E-state index >= 15 is 0 Å². The molecule has 2 N–H and O–H groups in total. The van der Waals surface area contributed by atoms with E-state index in [0.717, 1.165) is 19.6 Å². The maximum Gasteiger partial charge on any atom is 0.0980 e. The highest BCUT2D eigenvalue weighted by molar-refractivity contribution is 5.55. The molecule has 1 aliphatic heterocycles. The van der Waals surface area contributed by atoms with Gasteiger partial charge in [-0.05, 0) is 18.6 Å². The molecule has 0 aromatic heterocycles. The van der Waals surface area contributed by atoms with Crippen LogP contribution in [0.3, 0.4) is 0 Å². The minimum Gasteiger partial charge on any atom is -0.394 e. The van der Waals surface area contributed by atoms with Crippen molar-refractivity contribution in [3.63, 3.8) is 0 Å². The van der Waals surface area contributed by atoms with Gasteiger partial charge in [0.05, 0.1) is 19.3 Å². The highest BCUT2D eigenvalue weighted by Crippen LogP contribution is 2.24. The van der Waals surface area contributed by atoms with E-state index in [4.69, 9.17) is 4.74 Å². The summed E-state index contributed by atoms with van der Waals surface area (Å²) in [5.74, 6) is 0. The van der Waals surface area contributed by atoms with E-state index in [1.54, 1.807) is 0 Å². The molecular weight excluding hydrogens is 252 g/mol. The first kappa shape index (κ1) is 15.3. The number of nitrogens with one attached hydrogen (secondary N) is 1. The molecule has 20 heavy (non-hydrogen) atoms. The van der Waals surface area contributed by atoms with Crippen LogP contribution in [0.5, 0.6) is 0 Å². The van der Waals surface area contributed by atoms with Crippen LogP contribution < -0.4 is 10.2 Å². The van der Waals surface area contributed by atoms with Crippen molar-refractivity contribution in [2.45, 2.75) is 39.5 Å². The van der Waals surface area contributed by atoms with Crippen LogP contribution in [0.2, 0.25) is 0 Å². The maximum absolute atomic E-state index is 9.28. The van der Waals surface area contributed by atoms with E-state index in [1.165, 1.54) is 16.8 Å². The zero-order chi connectivity index (χ0) is 14.5. The predicted molar refractivity (Wildman–Crippen MR) is 82.2 cm³/mol. The van der Waals surface area contributed by atoms with Crippen LogP contribution in [0.4, 0.5) is 5.69 Å². The molecule has 1 saturated heterocycles. The van der Waals surface area contributed by atoms with Gasteiger partial charge in [0.1, 0.15) is 0 Å². The lowest BCUT2D eigenvalue weighted by Crippen LogP contribution is -2.44. The molecule has 1 aliphatic rings. The summed E-state index contributed by atoms with van der Waals surface area (Å²) < 4.78 is 5.53. The Morgan fingerprint density at radius 3 is 2.95 bits per heavy atom. The number of nitrogens with zero attached hydrogens (tertiary/aromatic N) is 1. The van der Waals surface area contributed by atoms with E-state index in [9.17, 15) is 5.11 Å². The normalized spacial score (nSPS) is 19.6. The summed E-state index contributed by atoms with van der Waals surface area (Å²) in [6.07, 6.45) is -0.0732. The monoisotopic (exact) mass is 278 g/mol. The van der Waals surface area contributed by atoms with Gasteiger partial charge in [-0.25, -0.2) is 0 Å². The zero-order valence-corrected chi connectivity index (χ0v) is 12.7. The summed E-state index contributed by atoms with van der Waals surface area (Å²) in [7, 11) is 0. The van der Waals surface area contributed by atoms with Gasteiger partial charge in [0.25, 0.3) is 0 Å². The van der Waals surface area contributed by atoms with Crippen molar-refractivity contribution in [2.75, 3.05) is 31.2 Å². The van der Waals surface area contributed by atoms with Gasteiger partial charge in [0, 0.05) is 31.4 Å². The lowest BCUT2D eigenvalue weighted by Gasteiger charge is -2.35. The third kappa shape index (κ3) is 3.95. The number of benzene rings is 1. The highest BCUT2D eigenvalue weighted by atomic mass is 16.5. The smallest absolute Gasteiger partial charge is 0.0980 e. The van der Waals surface area contributed by atoms with Gasteiger partial charge < -0.3 is 20.1 Å². The average molecular weight is 278 g/mol. The van der Waals surface area contributed by atoms with Gasteiger partial charge in [-0.3, -0.25) is 0 Å². The molecule has 2 rings (SSSR count). The number of anilines is 1. The molecule has 1 aromatic rings. The molecule has 1 aromatic carbocycles. The fourth-order valence-corrected chi connectivity index (χ4v) is 2.53. The van der Waals surface area contributed by atoms with Crippen molar-refractivity contribution in [3.05, 3.63) is 29.3 Å². The zero-order valence-electron chi connectivity index (χ0n) is 12.7. The fourth-order valence-electron chi connectivity index (χ4n) is 2.53.